The van der Waals surface area contributed by atoms with E-state index >= 15 is 0 Å². The Morgan fingerprint density at radius 2 is 2.10 bits per heavy atom. The van der Waals surface area contributed by atoms with E-state index in [2.05, 4.69) is 28.6 Å². The number of hydrogen-bond donors (Lipinski definition) is 5. The molecule has 1 fully saturated rings. The molecule has 9 heteroatoms. The molecule has 1 rings (SSSR count). The smallest absolute Gasteiger partial charge is 0.237 e. The largest absolute Gasteiger partial charge is 0.368 e. The summed E-state index contributed by atoms with van der Waals surface area (Å²) in [6, 6.07) is -1.38. The minimum atomic E-state index is -0.720. The van der Waals surface area contributed by atoms with Crippen LogP contribution in [0, 0.1) is 0 Å². The van der Waals surface area contributed by atoms with Crippen molar-refractivity contribution in [2.75, 3.05) is 18.8 Å². The van der Waals surface area contributed by atoms with Crippen LogP contribution in [0.15, 0.2) is 0 Å². The van der Waals surface area contributed by atoms with E-state index in [1.165, 1.54) is 0 Å². The summed E-state index contributed by atoms with van der Waals surface area (Å²) < 4.78 is 0. The van der Waals surface area contributed by atoms with Crippen molar-refractivity contribution in [1.29, 1.82) is 0 Å². The van der Waals surface area contributed by atoms with Gasteiger partial charge in [-0.25, -0.2) is 0 Å². The number of rotatable bonds is 4. The van der Waals surface area contributed by atoms with E-state index in [1.807, 2.05) is 0 Å². The molecule has 0 aromatic carbocycles. The van der Waals surface area contributed by atoms with Gasteiger partial charge in [0, 0.05) is 12.2 Å². The fourth-order valence-corrected chi connectivity index (χ4v) is 2.04. The number of Topliss-reactive ketones (excluding diaryl/α,β-unsaturated/α-hetero) is 1. The molecule has 0 saturated carbocycles. The number of thiol groups is 1. The van der Waals surface area contributed by atoms with E-state index < -0.39 is 23.9 Å². The number of ketones is 1. The SMILES string of the molecule is NC(=O)CNC(=O)[C@H]1CCC(=O)NC(CS)C(=O)CN1. The summed E-state index contributed by atoms with van der Waals surface area (Å²) in [5.41, 5.74) is 4.93. The van der Waals surface area contributed by atoms with E-state index in [0.29, 0.717) is 0 Å². The molecule has 0 aliphatic carbocycles. The number of carbonyl (C=O) groups is 4. The average molecular weight is 302 g/mol. The van der Waals surface area contributed by atoms with Gasteiger partial charge in [0.25, 0.3) is 0 Å². The van der Waals surface area contributed by atoms with Gasteiger partial charge in [0.05, 0.1) is 25.2 Å². The molecule has 1 aliphatic heterocycles. The molecular formula is C11H18N4O4S. The summed E-state index contributed by atoms with van der Waals surface area (Å²) in [5, 5.41) is 7.68. The summed E-state index contributed by atoms with van der Waals surface area (Å²) in [6.45, 7) is -0.337. The van der Waals surface area contributed by atoms with Crippen LogP contribution in [0.3, 0.4) is 0 Å². The van der Waals surface area contributed by atoms with Gasteiger partial charge in [-0.1, -0.05) is 0 Å². The number of nitrogens with two attached hydrogens (primary N) is 1. The maximum atomic E-state index is 11.8. The zero-order chi connectivity index (χ0) is 15.1. The standard InChI is InChI=1S/C11H18N4O4S/c12-9(17)4-14-11(19)6-1-2-10(18)15-7(5-20)8(16)3-13-6/h6-7,13,20H,1-5H2,(H2,12,17)(H,14,19)(H,15,18)/t6-,7?/m1/s1. The summed E-state index contributed by atoms with van der Waals surface area (Å²) >= 11 is 4.01. The lowest BCUT2D eigenvalue weighted by atomic mass is 10.1. The molecular weight excluding hydrogens is 284 g/mol. The highest BCUT2D eigenvalue weighted by Crippen LogP contribution is 2.03. The molecule has 1 aliphatic rings. The van der Waals surface area contributed by atoms with E-state index in [4.69, 9.17) is 5.73 Å². The maximum Gasteiger partial charge on any atom is 0.237 e. The van der Waals surface area contributed by atoms with Crippen LogP contribution in [0.4, 0.5) is 0 Å². The Bertz CT molecular complexity index is 415. The first-order valence-corrected chi connectivity index (χ1v) is 6.79. The van der Waals surface area contributed by atoms with Gasteiger partial charge in [-0.2, -0.15) is 12.6 Å². The molecule has 1 saturated heterocycles. The molecule has 0 spiro atoms. The number of nitrogens with one attached hydrogen (secondary N) is 3. The van der Waals surface area contributed by atoms with E-state index in [1.54, 1.807) is 0 Å². The summed E-state index contributed by atoms with van der Waals surface area (Å²) in [7, 11) is 0. The average Bonchev–Trinajstić information content (AvgIpc) is 2.47. The topological polar surface area (TPSA) is 130 Å². The second-order valence-corrected chi connectivity index (χ2v) is 4.79. The van der Waals surface area contributed by atoms with Crippen LogP contribution in [0.1, 0.15) is 12.8 Å². The van der Waals surface area contributed by atoms with Crippen LogP contribution in [-0.4, -0.2) is 54.4 Å². The van der Waals surface area contributed by atoms with Gasteiger partial charge in [0.1, 0.15) is 0 Å². The van der Waals surface area contributed by atoms with Crippen molar-refractivity contribution in [2.24, 2.45) is 5.73 Å². The van der Waals surface area contributed by atoms with Crippen molar-refractivity contribution in [3.8, 4) is 0 Å². The number of amides is 3. The summed E-state index contributed by atoms with van der Waals surface area (Å²) in [4.78, 5) is 45.8. The van der Waals surface area contributed by atoms with E-state index in [0.717, 1.165) is 0 Å². The predicted molar refractivity (Wildman–Crippen MR) is 74.0 cm³/mol. The molecule has 0 radical (unpaired) electrons. The number of carbonyl (C=O) groups excluding carboxylic acids is 4. The lowest BCUT2D eigenvalue weighted by Crippen LogP contribution is -2.49. The normalized spacial score (nSPS) is 24.1. The van der Waals surface area contributed by atoms with Crippen LogP contribution >= 0.6 is 12.6 Å². The highest BCUT2D eigenvalue weighted by molar-refractivity contribution is 7.80. The van der Waals surface area contributed by atoms with Gasteiger partial charge in [-0.15, -0.1) is 0 Å². The zero-order valence-electron chi connectivity index (χ0n) is 10.8. The Hall–Kier alpha value is -1.61. The molecule has 5 N–H and O–H groups in total. The van der Waals surface area contributed by atoms with Gasteiger partial charge < -0.3 is 16.4 Å². The molecule has 0 aromatic rings. The molecule has 8 nitrogen and oxygen atoms in total. The van der Waals surface area contributed by atoms with E-state index in [-0.39, 0.29) is 43.4 Å². The summed E-state index contributed by atoms with van der Waals surface area (Å²) in [5.74, 6) is -1.49. The third kappa shape index (κ3) is 5.17. The van der Waals surface area contributed by atoms with Crippen LogP contribution in [0.2, 0.25) is 0 Å². The third-order valence-corrected chi connectivity index (χ3v) is 3.21. The van der Waals surface area contributed by atoms with Crippen LogP contribution in [-0.2, 0) is 19.2 Å². The number of hydrogen-bond acceptors (Lipinski definition) is 6. The van der Waals surface area contributed by atoms with Crippen molar-refractivity contribution < 1.29 is 19.2 Å². The Labute approximate surface area is 121 Å². The second kappa shape index (κ2) is 7.85. The van der Waals surface area contributed by atoms with Crippen LogP contribution in [0.5, 0.6) is 0 Å². The van der Waals surface area contributed by atoms with Crippen molar-refractivity contribution in [2.45, 2.75) is 24.9 Å². The highest BCUT2D eigenvalue weighted by Gasteiger charge is 2.26. The number of primary amides is 1. The van der Waals surface area contributed by atoms with Gasteiger partial charge in [0.15, 0.2) is 5.78 Å². The molecule has 2 atom stereocenters. The molecule has 0 bridgehead atoms. The minimum Gasteiger partial charge on any atom is -0.368 e. The molecule has 20 heavy (non-hydrogen) atoms. The molecule has 1 unspecified atom stereocenters. The lowest BCUT2D eigenvalue weighted by molar-refractivity contribution is -0.126. The molecule has 0 aromatic heterocycles. The summed E-state index contributed by atoms with van der Waals surface area (Å²) in [6.07, 6.45) is 0.322. The molecule has 1 heterocycles. The quantitative estimate of drug-likeness (QED) is 0.361. The van der Waals surface area contributed by atoms with E-state index in [9.17, 15) is 19.2 Å². The zero-order valence-corrected chi connectivity index (χ0v) is 11.7. The highest BCUT2D eigenvalue weighted by atomic mass is 32.1. The minimum absolute atomic E-state index is 0.0554. The maximum absolute atomic E-state index is 11.8. The van der Waals surface area contributed by atoms with Crippen molar-refractivity contribution in [1.82, 2.24) is 16.0 Å². The fraction of sp³-hybridized carbons (Fsp3) is 0.636. The van der Waals surface area contributed by atoms with Crippen molar-refractivity contribution in [3.63, 3.8) is 0 Å². The molecule has 3 amide bonds. The first-order valence-electron chi connectivity index (χ1n) is 6.16. The monoisotopic (exact) mass is 302 g/mol. The van der Waals surface area contributed by atoms with Crippen LogP contribution < -0.4 is 21.7 Å². The Morgan fingerprint density at radius 3 is 2.70 bits per heavy atom. The molecule has 112 valence electrons. The third-order valence-electron chi connectivity index (χ3n) is 2.84. The van der Waals surface area contributed by atoms with Gasteiger partial charge in [-0.3, -0.25) is 24.5 Å². The second-order valence-electron chi connectivity index (χ2n) is 4.43. The first kappa shape index (κ1) is 16.4. The van der Waals surface area contributed by atoms with Gasteiger partial charge >= 0.3 is 0 Å². The fourth-order valence-electron chi connectivity index (χ4n) is 1.74. The lowest BCUT2D eigenvalue weighted by Gasteiger charge is -2.16. The van der Waals surface area contributed by atoms with Crippen molar-refractivity contribution >= 4 is 36.1 Å². The predicted octanol–water partition coefficient (Wildman–Crippen LogP) is -2.68. The Balaban J connectivity index is 2.65. The first-order chi connectivity index (χ1) is 9.43. The Morgan fingerprint density at radius 1 is 1.40 bits per heavy atom. The van der Waals surface area contributed by atoms with Crippen LogP contribution in [0.25, 0.3) is 0 Å². The van der Waals surface area contributed by atoms with Gasteiger partial charge in [-0.05, 0) is 6.42 Å². The van der Waals surface area contributed by atoms with Crippen molar-refractivity contribution in [3.05, 3.63) is 0 Å². The Kier molecular flexibility index (Phi) is 6.46. The van der Waals surface area contributed by atoms with Gasteiger partial charge in [0.2, 0.25) is 17.7 Å².